The highest BCUT2D eigenvalue weighted by molar-refractivity contribution is 4.84. The van der Waals surface area contributed by atoms with Crippen LogP contribution in [0.5, 0.6) is 0 Å². The molecule has 0 N–H and O–H groups in total. The minimum Gasteiger partial charge on any atom is -0.613 e. The molecule has 0 fully saturated rings. The maximum atomic E-state index is 9.97. The molecule has 0 aromatic rings. The summed E-state index contributed by atoms with van der Waals surface area (Å²) in [4.78, 5) is 0. The summed E-state index contributed by atoms with van der Waals surface area (Å²) < 4.78 is 4.46. The molecule has 2 heteroatoms. The van der Waals surface area contributed by atoms with Crippen molar-refractivity contribution in [1.29, 1.82) is 0 Å². The molecule has 1 aliphatic rings. The molecule has 1 aliphatic heterocycles. The Labute approximate surface area is 36.0 Å². The van der Waals surface area contributed by atoms with Crippen molar-refractivity contribution >= 4 is 0 Å². The monoisotopic (exact) mass is 85.0 g/mol. The normalized spacial score (nSPS) is 19.7. The van der Waals surface area contributed by atoms with Crippen LogP contribution in [0, 0.1) is 0 Å². The van der Waals surface area contributed by atoms with Crippen molar-refractivity contribution in [3.05, 3.63) is 12.0 Å². The molecule has 0 bridgehead atoms. The third kappa shape index (κ3) is 0.455. The molecule has 1 rings (SSSR count). The summed E-state index contributed by atoms with van der Waals surface area (Å²) in [5.41, 5.74) is 0. The van der Waals surface area contributed by atoms with Crippen LogP contribution in [0.3, 0.4) is 0 Å². The van der Waals surface area contributed by atoms with Gasteiger partial charge >= 0.3 is 0 Å². The summed E-state index contributed by atoms with van der Waals surface area (Å²) in [7, 11) is 0. The smallest absolute Gasteiger partial charge is 0.0471 e. The summed E-state index contributed by atoms with van der Waals surface area (Å²) in [5, 5.41) is 9.97. The van der Waals surface area contributed by atoms with E-state index in [1.807, 2.05) is 0 Å². The highest BCUT2D eigenvalue weighted by atomic mass is 16.6. The van der Waals surface area contributed by atoms with Crippen molar-refractivity contribution in [3.63, 3.8) is 0 Å². The molecule has 0 saturated carbocycles. The summed E-state index contributed by atoms with van der Waals surface area (Å²) in [6, 6.07) is 0. The lowest BCUT2D eigenvalue weighted by molar-refractivity contribution is -0.352. The Bertz CT molecular complexity index is 75.6. The van der Waals surface area contributed by atoms with E-state index in [2.05, 4.69) is 4.74 Å². The van der Waals surface area contributed by atoms with Gasteiger partial charge in [-0.1, -0.05) is 6.08 Å². The van der Waals surface area contributed by atoms with Gasteiger partial charge in [-0.25, -0.2) is 0 Å². The highest BCUT2D eigenvalue weighted by Crippen LogP contribution is 1.99. The fraction of sp³-hybridized carbons (Fsp3) is 0.500. The zero-order chi connectivity index (χ0) is 4.41. The van der Waals surface area contributed by atoms with Gasteiger partial charge in [0.15, 0.2) is 0 Å². The zero-order valence-corrected chi connectivity index (χ0v) is 3.31. The molecule has 0 spiro atoms. The lowest BCUT2D eigenvalue weighted by Gasteiger charge is -2.02. The molecule has 1 heterocycles. The average Bonchev–Trinajstić information content (AvgIpc) is 1.86. The van der Waals surface area contributed by atoms with Crippen LogP contribution in [0.4, 0.5) is 0 Å². The van der Waals surface area contributed by atoms with Gasteiger partial charge in [-0.2, -0.15) is 0 Å². The summed E-state index contributed by atoms with van der Waals surface area (Å²) in [6.07, 6.45) is 2.33. The summed E-state index contributed by atoms with van der Waals surface area (Å²) in [6.45, 7) is 0.582. The SMILES string of the molecule is [O-]C1=CCCO1. The quantitative estimate of drug-likeness (QED) is 0.401. The first kappa shape index (κ1) is 3.53. The van der Waals surface area contributed by atoms with E-state index in [4.69, 9.17) is 0 Å². The van der Waals surface area contributed by atoms with Crippen LogP contribution in [0.1, 0.15) is 6.42 Å². The molecule has 6 heavy (non-hydrogen) atoms. The average molecular weight is 85.1 g/mol. The topological polar surface area (TPSA) is 32.3 Å². The van der Waals surface area contributed by atoms with Crippen molar-refractivity contribution in [2.24, 2.45) is 0 Å². The Morgan fingerprint density at radius 3 is 2.83 bits per heavy atom. The van der Waals surface area contributed by atoms with Gasteiger partial charge in [0.25, 0.3) is 0 Å². The molecule has 2 nitrogen and oxygen atoms in total. The minimum atomic E-state index is -0.171. The van der Waals surface area contributed by atoms with E-state index in [1.165, 1.54) is 0 Å². The third-order valence-corrected chi connectivity index (χ3v) is 0.673. The molecule has 0 radical (unpaired) electrons. The van der Waals surface area contributed by atoms with Gasteiger partial charge in [0.05, 0.1) is 0 Å². The van der Waals surface area contributed by atoms with Crippen molar-refractivity contribution in [1.82, 2.24) is 0 Å². The third-order valence-electron chi connectivity index (χ3n) is 0.673. The van der Waals surface area contributed by atoms with Crippen LogP contribution in [0.15, 0.2) is 12.0 Å². The van der Waals surface area contributed by atoms with Crippen molar-refractivity contribution < 1.29 is 9.84 Å². The van der Waals surface area contributed by atoms with Crippen LogP contribution in [0.2, 0.25) is 0 Å². The molecule has 0 saturated heterocycles. The van der Waals surface area contributed by atoms with Crippen molar-refractivity contribution in [2.45, 2.75) is 6.42 Å². The Hall–Kier alpha value is -0.660. The lowest BCUT2D eigenvalue weighted by Crippen LogP contribution is -2.01. The highest BCUT2D eigenvalue weighted by Gasteiger charge is 1.86. The largest absolute Gasteiger partial charge is 0.613 e. The maximum absolute atomic E-state index is 9.97. The molecule has 0 atom stereocenters. The van der Waals surface area contributed by atoms with Gasteiger partial charge in [-0.05, 0) is 13.0 Å². The molecule has 34 valence electrons. The molecule has 0 unspecified atom stereocenters. The zero-order valence-electron chi connectivity index (χ0n) is 3.31. The Kier molecular flexibility index (Phi) is 0.708. The first-order valence-electron chi connectivity index (χ1n) is 1.89. The maximum Gasteiger partial charge on any atom is 0.0471 e. The number of ether oxygens (including phenoxy) is 1. The Balaban J connectivity index is 2.45. The molecular formula is C4H5O2-. The van der Waals surface area contributed by atoms with Crippen LogP contribution < -0.4 is 5.11 Å². The second kappa shape index (κ2) is 1.20. The van der Waals surface area contributed by atoms with Gasteiger partial charge in [0.1, 0.15) is 0 Å². The molecular weight excluding hydrogens is 80.0 g/mol. The molecule has 0 amide bonds. The van der Waals surface area contributed by atoms with E-state index >= 15 is 0 Å². The number of hydrogen-bond acceptors (Lipinski definition) is 2. The van der Waals surface area contributed by atoms with E-state index in [0.717, 1.165) is 6.42 Å². The summed E-state index contributed by atoms with van der Waals surface area (Å²) in [5.74, 6) is -0.171. The van der Waals surface area contributed by atoms with Gasteiger partial charge < -0.3 is 9.84 Å². The fourth-order valence-electron chi connectivity index (χ4n) is 0.395. The van der Waals surface area contributed by atoms with E-state index in [0.29, 0.717) is 6.61 Å². The predicted molar refractivity (Wildman–Crippen MR) is 18.7 cm³/mol. The van der Waals surface area contributed by atoms with Crippen molar-refractivity contribution in [2.75, 3.05) is 6.61 Å². The Morgan fingerprint density at radius 2 is 2.67 bits per heavy atom. The van der Waals surface area contributed by atoms with Gasteiger partial charge in [0, 0.05) is 5.95 Å². The molecule has 0 aliphatic carbocycles. The molecule has 0 aromatic heterocycles. The van der Waals surface area contributed by atoms with Crippen LogP contribution >= 0.6 is 0 Å². The Morgan fingerprint density at radius 1 is 1.83 bits per heavy atom. The van der Waals surface area contributed by atoms with E-state index < -0.39 is 0 Å². The first-order chi connectivity index (χ1) is 2.89. The fourth-order valence-corrected chi connectivity index (χ4v) is 0.395. The number of rotatable bonds is 0. The van der Waals surface area contributed by atoms with E-state index in [9.17, 15) is 5.11 Å². The minimum absolute atomic E-state index is 0.171. The van der Waals surface area contributed by atoms with Crippen molar-refractivity contribution in [3.8, 4) is 0 Å². The second-order valence-corrected chi connectivity index (χ2v) is 1.16. The predicted octanol–water partition coefficient (Wildman–Crippen LogP) is -0.392. The summed E-state index contributed by atoms with van der Waals surface area (Å²) >= 11 is 0. The van der Waals surface area contributed by atoms with E-state index in [1.54, 1.807) is 6.08 Å². The van der Waals surface area contributed by atoms with Gasteiger partial charge in [-0.15, -0.1) is 0 Å². The van der Waals surface area contributed by atoms with Crippen LogP contribution in [0.25, 0.3) is 0 Å². The lowest BCUT2D eigenvalue weighted by atomic mass is 10.5. The van der Waals surface area contributed by atoms with Crippen LogP contribution in [-0.4, -0.2) is 6.61 Å². The molecule has 0 aromatic carbocycles. The first-order valence-corrected chi connectivity index (χ1v) is 1.89. The number of hydrogen-bond donors (Lipinski definition) is 0. The second-order valence-electron chi connectivity index (χ2n) is 1.16. The van der Waals surface area contributed by atoms with Crippen LogP contribution in [-0.2, 0) is 4.74 Å². The van der Waals surface area contributed by atoms with Gasteiger partial charge in [0.2, 0.25) is 0 Å². The standard InChI is InChI=1S/C4H6O2/c5-4-2-1-3-6-4/h2,5H,1,3H2/p-1. The van der Waals surface area contributed by atoms with E-state index in [-0.39, 0.29) is 5.95 Å². The van der Waals surface area contributed by atoms with Gasteiger partial charge in [-0.3, -0.25) is 0 Å².